The Morgan fingerprint density at radius 1 is 1.22 bits per heavy atom. The second-order valence-electron chi connectivity index (χ2n) is 11.2. The number of benzene rings is 1. The average molecular weight is 577 g/mol. The molecular formula is C28H39N5O8. The van der Waals surface area contributed by atoms with Gasteiger partial charge in [-0.05, 0) is 51.0 Å². The van der Waals surface area contributed by atoms with Crippen molar-refractivity contribution < 1.29 is 42.6 Å². The van der Waals surface area contributed by atoms with Crippen LogP contribution in [-0.2, 0) is 32.1 Å². The summed E-state index contributed by atoms with van der Waals surface area (Å²) in [6.45, 7) is 2.47. The van der Waals surface area contributed by atoms with Gasteiger partial charge in [-0.1, -0.05) is 6.92 Å². The van der Waals surface area contributed by atoms with Crippen LogP contribution < -0.4 is 21.3 Å². The molecule has 4 rings (SSSR count). The molecule has 0 bridgehead atoms. The Hall–Kier alpha value is -3.94. The molecule has 0 aromatic heterocycles. The van der Waals surface area contributed by atoms with Gasteiger partial charge in [-0.2, -0.15) is 0 Å². The van der Waals surface area contributed by atoms with E-state index in [2.05, 4.69) is 10.6 Å². The number of aromatic hydroxyl groups is 1. The number of anilines is 1. The third-order valence-electron chi connectivity index (χ3n) is 8.27. The number of nitrogens with zero attached hydrogens (tertiary/aromatic N) is 2. The molecule has 8 N–H and O–H groups in total. The van der Waals surface area contributed by atoms with E-state index in [-0.39, 0.29) is 54.3 Å². The number of carbonyl (C=O) groups is 4. The summed E-state index contributed by atoms with van der Waals surface area (Å²) in [4.78, 5) is 54.8. The van der Waals surface area contributed by atoms with E-state index in [4.69, 9.17) is 8.70 Å². The van der Waals surface area contributed by atoms with Gasteiger partial charge in [0.1, 0.15) is 22.8 Å². The Labute approximate surface area is 240 Å². The Balaban J connectivity index is 0.00000248. The minimum atomic E-state index is -2.71. The zero-order valence-corrected chi connectivity index (χ0v) is 23.7. The molecule has 3 aliphatic carbocycles. The molecule has 3 aliphatic rings. The molecule has 1 aromatic rings. The fourth-order valence-electron chi connectivity index (χ4n) is 6.37. The number of hydrogen-bond acceptors (Lipinski definition) is 11. The molecule has 0 heterocycles. The van der Waals surface area contributed by atoms with Crippen LogP contribution in [0.2, 0.25) is 0 Å². The van der Waals surface area contributed by atoms with Crippen molar-refractivity contribution in [2.45, 2.75) is 38.0 Å². The summed E-state index contributed by atoms with van der Waals surface area (Å²) >= 11 is 0. The van der Waals surface area contributed by atoms with Gasteiger partial charge < -0.3 is 41.7 Å². The fraction of sp³-hybridized carbons (Fsp3) is 0.500. The van der Waals surface area contributed by atoms with E-state index in [1.165, 1.54) is 4.90 Å². The Kier molecular flexibility index (Phi) is 7.53. The number of aliphatic hydroxyl groups is 3. The van der Waals surface area contributed by atoms with Crippen LogP contribution >= 0.6 is 0 Å². The molecule has 2 amide bonds. The Bertz CT molecular complexity index is 1410. The van der Waals surface area contributed by atoms with E-state index in [1.807, 2.05) is 6.92 Å². The fourth-order valence-corrected chi connectivity index (χ4v) is 6.37. The standard InChI is InChI=1S/C28H37N5O8.H2/c1-6-30-11-17(34)31-10-13-9-16(32(2)3)14-7-12-8-15-21(33(4)5)24(37)20(27(29)40)26(39)28(15,41)25(38)18(12)23(36)19(14)22(13)35;/h9,12,15,21,30,35-36,39,41H,6-8,10-11H2,1-5H3,(H2,29,40)(H,31,34);1H/t12-,15-,21+,28-;/m0./s1/i;1+2D. The molecule has 1 fully saturated rings. The van der Waals surface area contributed by atoms with Crippen LogP contribution in [0.4, 0.5) is 5.69 Å². The summed E-state index contributed by atoms with van der Waals surface area (Å²) in [6.07, 6.45) is 0.171. The third kappa shape index (κ3) is 4.63. The Morgan fingerprint density at radius 3 is 2.44 bits per heavy atom. The van der Waals surface area contributed by atoms with Gasteiger partial charge in [0, 0.05) is 46.4 Å². The number of phenols is 1. The number of nitrogens with one attached hydrogen (secondary N) is 2. The van der Waals surface area contributed by atoms with Crippen molar-refractivity contribution in [1.29, 1.82) is 0 Å². The van der Waals surface area contributed by atoms with Gasteiger partial charge in [0.15, 0.2) is 11.4 Å². The molecule has 1 aromatic carbocycles. The normalized spacial score (nSPS) is 25.8. The SMILES string of the molecule is CCNCC(=O)NCc1cc(N(C)C)c2c(c1O)C(O)=C1C(=O)[C@]3(O)C(O)=C(C(N)=O)C(=O)[C@H](N(C)C)[C@@H]3C[C@@H]1C2.[2H][3H]. The number of hydrogen-bond donors (Lipinski definition) is 7. The van der Waals surface area contributed by atoms with E-state index >= 15 is 0 Å². The van der Waals surface area contributed by atoms with Crippen LogP contribution in [0, 0.1) is 11.8 Å². The number of amides is 2. The average Bonchev–Trinajstić information content (AvgIpc) is 2.93. The maximum Gasteiger partial charge on any atom is 0.255 e. The van der Waals surface area contributed by atoms with Crippen molar-refractivity contribution in [3.8, 4) is 5.75 Å². The Morgan fingerprint density at radius 2 is 1.88 bits per heavy atom. The first-order valence-corrected chi connectivity index (χ1v) is 13.4. The lowest BCUT2D eigenvalue weighted by atomic mass is 9.57. The van der Waals surface area contributed by atoms with Gasteiger partial charge in [0.25, 0.3) is 5.91 Å². The first-order chi connectivity index (χ1) is 20.2. The molecule has 0 radical (unpaired) electrons. The van der Waals surface area contributed by atoms with Crippen LogP contribution in [0.3, 0.4) is 0 Å². The third-order valence-corrected chi connectivity index (χ3v) is 8.27. The van der Waals surface area contributed by atoms with Gasteiger partial charge in [-0.25, -0.2) is 0 Å². The van der Waals surface area contributed by atoms with E-state index in [0.29, 0.717) is 17.8 Å². The highest BCUT2D eigenvalue weighted by Crippen LogP contribution is 2.54. The maximum absolute atomic E-state index is 14.0. The lowest BCUT2D eigenvalue weighted by Crippen LogP contribution is -2.65. The highest BCUT2D eigenvalue weighted by atomic mass is 16.3. The number of fused-ring (bicyclic) bond motifs is 3. The number of Topliss-reactive ketones (excluding diaryl/α,β-unsaturated/α-hetero) is 2. The van der Waals surface area contributed by atoms with Gasteiger partial charge in [0.05, 0.1) is 18.2 Å². The van der Waals surface area contributed by atoms with Crippen molar-refractivity contribution >= 4 is 34.8 Å². The summed E-state index contributed by atoms with van der Waals surface area (Å²) in [6, 6.07) is 0.545. The molecule has 4 atom stereocenters. The molecule has 0 unspecified atom stereocenters. The summed E-state index contributed by atoms with van der Waals surface area (Å²) in [5.41, 5.74) is 3.01. The van der Waals surface area contributed by atoms with Crippen molar-refractivity contribution in [3.05, 3.63) is 39.7 Å². The number of phenolic OH excluding ortho intramolecular Hbond substituents is 1. The highest BCUT2D eigenvalue weighted by Gasteiger charge is 2.64. The second-order valence-corrected chi connectivity index (χ2v) is 11.2. The monoisotopic (exact) mass is 576 g/mol. The molecule has 0 aliphatic heterocycles. The number of rotatable bonds is 8. The van der Waals surface area contributed by atoms with Gasteiger partial charge >= 0.3 is 0 Å². The van der Waals surface area contributed by atoms with Crippen LogP contribution in [0.5, 0.6) is 5.75 Å². The van der Waals surface area contributed by atoms with E-state index in [1.54, 1.807) is 39.2 Å². The van der Waals surface area contributed by atoms with Gasteiger partial charge in [-0.15, -0.1) is 0 Å². The molecule has 0 saturated heterocycles. The molecule has 1 saturated carbocycles. The number of aliphatic hydroxyl groups excluding tert-OH is 2. The van der Waals surface area contributed by atoms with E-state index < -0.39 is 58.0 Å². The number of primary amides is 1. The molecule has 13 nitrogen and oxygen atoms in total. The topological polar surface area (TPSA) is 206 Å². The number of carbonyl (C=O) groups excluding carboxylic acids is 4. The molecule has 0 spiro atoms. The first kappa shape index (κ1) is 28.6. The molecule has 224 valence electrons. The highest BCUT2D eigenvalue weighted by molar-refractivity contribution is 6.24. The zero-order chi connectivity index (χ0) is 32.5. The van der Waals surface area contributed by atoms with Crippen molar-refractivity contribution in [3.63, 3.8) is 0 Å². The van der Waals surface area contributed by atoms with Crippen molar-refractivity contribution in [2.24, 2.45) is 17.6 Å². The van der Waals surface area contributed by atoms with Gasteiger partial charge in [-0.3, -0.25) is 24.1 Å². The van der Waals surface area contributed by atoms with Gasteiger partial charge in [0.2, 0.25) is 11.7 Å². The van der Waals surface area contributed by atoms with E-state index in [0.717, 1.165) is 0 Å². The van der Waals surface area contributed by atoms with Crippen molar-refractivity contribution in [2.75, 3.05) is 46.2 Å². The summed E-state index contributed by atoms with van der Waals surface area (Å²) in [7, 11) is 6.65. The molecule has 13 heteroatoms. The lowest BCUT2D eigenvalue weighted by molar-refractivity contribution is -0.153. The smallest absolute Gasteiger partial charge is 0.255 e. The quantitative estimate of drug-likeness (QED) is 0.196. The predicted octanol–water partition coefficient (Wildman–Crippen LogP) is -0.498. The molecular weight excluding hydrogens is 534 g/mol. The summed E-state index contributed by atoms with van der Waals surface area (Å²) < 4.78 is 10.0. The minimum Gasteiger partial charge on any atom is -0.508 e. The zero-order valence-electron chi connectivity index (χ0n) is 25.7. The summed E-state index contributed by atoms with van der Waals surface area (Å²) in [5, 5.41) is 51.1. The largest absolute Gasteiger partial charge is 0.508 e. The predicted molar refractivity (Wildman–Crippen MR) is 151 cm³/mol. The summed E-state index contributed by atoms with van der Waals surface area (Å²) in [5.74, 6) is -7.36. The van der Waals surface area contributed by atoms with Crippen molar-refractivity contribution in [1.82, 2.24) is 15.5 Å². The first-order valence-electron chi connectivity index (χ1n) is 14.4. The molecule has 41 heavy (non-hydrogen) atoms. The van der Waals surface area contributed by atoms with Crippen LogP contribution in [0.25, 0.3) is 5.76 Å². The second kappa shape index (κ2) is 10.8. The lowest BCUT2D eigenvalue weighted by Gasteiger charge is -2.50. The van der Waals surface area contributed by atoms with Crippen LogP contribution in [0.15, 0.2) is 23.0 Å². The number of likely N-dealkylation sites (N-methyl/N-ethyl adjacent to an activating group) is 2. The maximum atomic E-state index is 14.0. The number of nitrogens with two attached hydrogens (primary N) is 1. The van der Waals surface area contributed by atoms with Crippen LogP contribution in [-0.4, -0.2) is 102 Å². The van der Waals surface area contributed by atoms with Crippen LogP contribution in [0.1, 0.15) is 33.0 Å². The number of ketones is 2. The van der Waals surface area contributed by atoms with E-state index in [9.17, 15) is 39.6 Å². The minimum absolute atomic E-state index is 0.00162.